The third-order valence-corrected chi connectivity index (χ3v) is 5.76. The van der Waals surface area contributed by atoms with Gasteiger partial charge in [-0.1, -0.05) is 6.07 Å². The van der Waals surface area contributed by atoms with Crippen molar-refractivity contribution in [3.8, 4) is 11.3 Å². The Hall–Kier alpha value is -3.13. The zero-order valence-electron chi connectivity index (χ0n) is 17.4. The molecule has 0 spiro atoms. The lowest BCUT2D eigenvalue weighted by Gasteiger charge is -2.25. The monoisotopic (exact) mass is 406 g/mol. The summed E-state index contributed by atoms with van der Waals surface area (Å²) in [6.45, 7) is 3.72. The fraction of sp³-hybridized carbons (Fsp3) is 0.409. The third kappa shape index (κ3) is 4.38. The van der Waals surface area contributed by atoms with E-state index in [-0.39, 0.29) is 17.7 Å². The van der Waals surface area contributed by atoms with Gasteiger partial charge in [-0.05, 0) is 51.2 Å². The van der Waals surface area contributed by atoms with Gasteiger partial charge in [0.25, 0.3) is 5.91 Å². The molecule has 1 fully saturated rings. The van der Waals surface area contributed by atoms with E-state index in [1.165, 1.54) is 6.33 Å². The van der Waals surface area contributed by atoms with Crippen LogP contribution in [0.3, 0.4) is 0 Å². The Morgan fingerprint density at radius 2 is 2.10 bits per heavy atom. The molecule has 30 heavy (non-hydrogen) atoms. The second-order valence-corrected chi connectivity index (χ2v) is 8.45. The van der Waals surface area contributed by atoms with E-state index in [1.807, 2.05) is 39.2 Å². The second kappa shape index (κ2) is 7.95. The van der Waals surface area contributed by atoms with Crippen LogP contribution in [-0.4, -0.2) is 41.3 Å². The summed E-state index contributed by atoms with van der Waals surface area (Å²) in [5, 5.41) is 17.3. The molecule has 4 rings (SSSR count). The van der Waals surface area contributed by atoms with Crippen LogP contribution in [0.15, 0.2) is 43.0 Å². The molecule has 1 aliphatic carbocycles. The number of pyridine rings is 1. The molecule has 3 aromatic heterocycles. The summed E-state index contributed by atoms with van der Waals surface area (Å²) in [5.74, 6) is 0.624. The Morgan fingerprint density at radius 1 is 1.27 bits per heavy atom. The quantitative estimate of drug-likeness (QED) is 0.674. The summed E-state index contributed by atoms with van der Waals surface area (Å²) in [5.41, 5.74) is 2.04. The summed E-state index contributed by atoms with van der Waals surface area (Å²) in [4.78, 5) is 25.8. The maximum Gasteiger partial charge on any atom is 0.275 e. The second-order valence-electron chi connectivity index (χ2n) is 8.45. The molecular formula is C22H26N6O2. The van der Waals surface area contributed by atoms with Gasteiger partial charge in [0.15, 0.2) is 0 Å². The Morgan fingerprint density at radius 3 is 2.80 bits per heavy atom. The van der Waals surface area contributed by atoms with Gasteiger partial charge >= 0.3 is 0 Å². The number of rotatable bonds is 5. The van der Waals surface area contributed by atoms with Crippen molar-refractivity contribution in [2.75, 3.05) is 5.32 Å². The zero-order valence-corrected chi connectivity index (χ0v) is 17.4. The minimum atomic E-state index is -0.691. The largest absolute Gasteiger partial charge is 0.390 e. The molecule has 2 N–H and O–H groups in total. The normalized spacial score (nSPS) is 19.1. The standard InChI is InChI=1S/C22H26N6O2/c1-22(2,30)16-8-7-14(9-16)19-10-20(24-13-23-19)27-21(29)18-6-4-5-17(26-18)15-11-25-28(3)12-15/h4-6,10-14,16,30H,7-9H2,1-3H3,(H,23,24,27,29)/t14?,16-/m1/s1. The lowest BCUT2D eigenvalue weighted by Crippen LogP contribution is -2.28. The molecule has 2 atom stereocenters. The molecule has 0 aromatic carbocycles. The van der Waals surface area contributed by atoms with Crippen LogP contribution in [0.4, 0.5) is 5.82 Å². The average Bonchev–Trinajstić information content (AvgIpc) is 3.37. The summed E-state index contributed by atoms with van der Waals surface area (Å²) in [7, 11) is 1.83. The van der Waals surface area contributed by atoms with Crippen LogP contribution >= 0.6 is 0 Å². The van der Waals surface area contributed by atoms with Crippen molar-refractivity contribution >= 4 is 11.7 Å². The number of amides is 1. The first kappa shape index (κ1) is 20.2. The Labute approximate surface area is 175 Å². The van der Waals surface area contributed by atoms with Gasteiger partial charge in [-0.25, -0.2) is 15.0 Å². The molecule has 1 unspecified atom stereocenters. The zero-order chi connectivity index (χ0) is 21.3. The van der Waals surface area contributed by atoms with E-state index in [0.29, 0.717) is 17.2 Å². The fourth-order valence-corrected chi connectivity index (χ4v) is 4.01. The minimum Gasteiger partial charge on any atom is -0.390 e. The predicted octanol–water partition coefficient (Wildman–Crippen LogP) is 3.18. The van der Waals surface area contributed by atoms with Gasteiger partial charge in [0.05, 0.1) is 17.5 Å². The van der Waals surface area contributed by atoms with Crippen molar-refractivity contribution in [3.63, 3.8) is 0 Å². The molecule has 0 aliphatic heterocycles. The summed E-state index contributed by atoms with van der Waals surface area (Å²) in [6.07, 6.45) is 7.84. The first-order valence-corrected chi connectivity index (χ1v) is 10.1. The SMILES string of the molecule is Cn1cc(-c2cccc(C(=O)Nc3cc(C4CC[C@@H](C(C)(C)O)C4)ncn3)n2)cn1. The predicted molar refractivity (Wildman–Crippen MR) is 113 cm³/mol. The van der Waals surface area contributed by atoms with E-state index in [4.69, 9.17) is 0 Å². The summed E-state index contributed by atoms with van der Waals surface area (Å²) < 4.78 is 1.69. The number of hydrogen-bond donors (Lipinski definition) is 2. The Balaban J connectivity index is 1.48. The first-order valence-electron chi connectivity index (χ1n) is 10.1. The molecule has 0 saturated heterocycles. The fourth-order valence-electron chi connectivity index (χ4n) is 4.01. The van der Waals surface area contributed by atoms with Crippen LogP contribution in [0, 0.1) is 5.92 Å². The van der Waals surface area contributed by atoms with Crippen molar-refractivity contribution in [2.24, 2.45) is 13.0 Å². The molecule has 0 radical (unpaired) electrons. The molecule has 8 heteroatoms. The summed E-state index contributed by atoms with van der Waals surface area (Å²) >= 11 is 0. The van der Waals surface area contributed by atoms with Crippen molar-refractivity contribution < 1.29 is 9.90 Å². The number of carbonyl (C=O) groups is 1. The van der Waals surface area contributed by atoms with Crippen LogP contribution in [-0.2, 0) is 7.05 Å². The molecule has 0 bridgehead atoms. The van der Waals surface area contributed by atoms with Crippen LogP contribution in [0.25, 0.3) is 11.3 Å². The topological polar surface area (TPSA) is 106 Å². The molecule has 1 saturated carbocycles. The lowest BCUT2D eigenvalue weighted by molar-refractivity contribution is 0.0194. The smallest absolute Gasteiger partial charge is 0.275 e. The summed E-state index contributed by atoms with van der Waals surface area (Å²) in [6, 6.07) is 7.13. The number of nitrogens with zero attached hydrogens (tertiary/aromatic N) is 5. The number of hydrogen-bond acceptors (Lipinski definition) is 6. The van der Waals surface area contributed by atoms with Crippen molar-refractivity contribution in [2.45, 2.75) is 44.6 Å². The molecule has 8 nitrogen and oxygen atoms in total. The molecular weight excluding hydrogens is 380 g/mol. The van der Waals surface area contributed by atoms with E-state index in [1.54, 1.807) is 23.0 Å². The Kier molecular flexibility index (Phi) is 5.34. The molecule has 156 valence electrons. The molecule has 1 aliphatic rings. The molecule has 3 aromatic rings. The van der Waals surface area contributed by atoms with E-state index in [0.717, 1.165) is 30.5 Å². The van der Waals surface area contributed by atoms with Gasteiger partial charge in [0.2, 0.25) is 0 Å². The van der Waals surface area contributed by atoms with Crippen LogP contribution < -0.4 is 5.32 Å². The number of carbonyl (C=O) groups excluding carboxylic acids is 1. The van der Waals surface area contributed by atoms with E-state index in [9.17, 15) is 9.90 Å². The highest BCUT2D eigenvalue weighted by Crippen LogP contribution is 2.42. The first-order chi connectivity index (χ1) is 14.3. The van der Waals surface area contributed by atoms with Crippen LogP contribution in [0.2, 0.25) is 0 Å². The number of nitrogens with one attached hydrogen (secondary N) is 1. The molecule has 1 amide bonds. The van der Waals surface area contributed by atoms with Crippen LogP contribution in [0.1, 0.15) is 55.2 Å². The van der Waals surface area contributed by atoms with Gasteiger partial charge in [-0.2, -0.15) is 5.10 Å². The van der Waals surface area contributed by atoms with Gasteiger partial charge < -0.3 is 10.4 Å². The number of aliphatic hydroxyl groups is 1. The Bertz CT molecular complexity index is 1060. The van der Waals surface area contributed by atoms with E-state index in [2.05, 4.69) is 25.4 Å². The highest BCUT2D eigenvalue weighted by Gasteiger charge is 2.35. The average molecular weight is 406 g/mol. The minimum absolute atomic E-state index is 0.245. The maximum absolute atomic E-state index is 12.7. The maximum atomic E-state index is 12.7. The van der Waals surface area contributed by atoms with Crippen molar-refractivity contribution in [1.82, 2.24) is 24.7 Å². The van der Waals surface area contributed by atoms with Crippen LogP contribution in [0.5, 0.6) is 0 Å². The van der Waals surface area contributed by atoms with Gasteiger partial charge in [-0.15, -0.1) is 0 Å². The number of anilines is 1. The van der Waals surface area contributed by atoms with Crippen molar-refractivity contribution in [1.29, 1.82) is 0 Å². The van der Waals surface area contributed by atoms with E-state index >= 15 is 0 Å². The highest BCUT2D eigenvalue weighted by atomic mass is 16.3. The van der Waals surface area contributed by atoms with Gasteiger partial charge in [-0.3, -0.25) is 9.48 Å². The molecule has 3 heterocycles. The lowest BCUT2D eigenvalue weighted by atomic mass is 9.88. The highest BCUT2D eigenvalue weighted by molar-refractivity contribution is 6.02. The van der Waals surface area contributed by atoms with E-state index < -0.39 is 5.60 Å². The van der Waals surface area contributed by atoms with Gasteiger partial charge in [0.1, 0.15) is 17.8 Å². The van der Waals surface area contributed by atoms with Gasteiger partial charge in [0, 0.05) is 36.5 Å². The number of aryl methyl sites for hydroxylation is 1. The number of aromatic nitrogens is 5. The van der Waals surface area contributed by atoms with Crippen molar-refractivity contribution in [3.05, 3.63) is 54.4 Å². The third-order valence-electron chi connectivity index (χ3n) is 5.76.